The van der Waals surface area contributed by atoms with Gasteiger partial charge in [0.05, 0.1) is 14.4 Å². The molecule has 10 nitrogen and oxygen atoms in total. The fourth-order valence-electron chi connectivity index (χ4n) is 1.69. The Morgan fingerprint density at radius 3 is 2.42 bits per heavy atom. The molecule has 0 aromatic heterocycles. The highest BCUT2D eigenvalue weighted by Gasteiger charge is 2.45. The molecule has 1 aliphatic rings. The number of phosphoric ester groups is 1. The molecule has 3 unspecified atom stereocenters. The van der Waals surface area contributed by atoms with Crippen LogP contribution in [0.15, 0.2) is 0 Å². The van der Waals surface area contributed by atoms with Crippen LogP contribution < -0.4 is 15.1 Å². The highest BCUT2D eigenvalue weighted by Crippen LogP contribution is 2.33. The van der Waals surface area contributed by atoms with Gasteiger partial charge in [0.1, 0.15) is 24.4 Å². The van der Waals surface area contributed by atoms with E-state index in [1.54, 1.807) is 0 Å². The summed E-state index contributed by atoms with van der Waals surface area (Å²) in [6.07, 6.45) is -6.44. The first kappa shape index (κ1) is 16.5. The predicted molar refractivity (Wildman–Crippen MR) is 54.1 cm³/mol. The molecule has 0 bridgehead atoms. The maximum absolute atomic E-state index is 10.9. The Morgan fingerprint density at radius 2 is 2.00 bits per heavy atom. The summed E-state index contributed by atoms with van der Waals surface area (Å²) in [5, 5.41) is 30.3. The van der Waals surface area contributed by atoms with Gasteiger partial charge in [0.25, 0.3) is 0 Å². The van der Waals surface area contributed by atoms with Crippen molar-refractivity contribution in [1.29, 1.82) is 0 Å². The van der Waals surface area contributed by atoms with Crippen LogP contribution in [0.5, 0.6) is 0 Å². The third kappa shape index (κ3) is 4.48. The Morgan fingerprint density at radius 1 is 1.42 bits per heavy atom. The molecule has 5 atom stereocenters. The monoisotopic (exact) mass is 299 g/mol. The molecule has 0 aliphatic carbocycles. The third-order valence-electron chi connectivity index (χ3n) is 2.48. The highest BCUT2D eigenvalue weighted by molar-refractivity contribution is 7.43. The molecule has 0 aromatic rings. The van der Waals surface area contributed by atoms with Crippen molar-refractivity contribution in [1.82, 2.24) is 5.32 Å². The second-order valence-electron chi connectivity index (χ2n) is 3.99. The fourth-order valence-corrected chi connectivity index (χ4v) is 2.12. The van der Waals surface area contributed by atoms with Crippen molar-refractivity contribution in [3.63, 3.8) is 0 Å². The lowest BCUT2D eigenvalue weighted by atomic mass is 9.97. The van der Waals surface area contributed by atoms with Crippen molar-refractivity contribution in [2.24, 2.45) is 0 Å². The average Bonchev–Trinajstić information content (AvgIpc) is 2.26. The predicted octanol–water partition coefficient (Wildman–Crippen LogP) is -4.22. The van der Waals surface area contributed by atoms with Crippen LogP contribution in [-0.4, -0.2) is 58.5 Å². The number of carbonyl (C=O) groups excluding carboxylic acids is 1. The second-order valence-corrected chi connectivity index (χ2v) is 5.09. The van der Waals surface area contributed by atoms with Gasteiger partial charge >= 0.3 is 0 Å². The maximum Gasteiger partial charge on any atom is 0.217 e. The van der Waals surface area contributed by atoms with Gasteiger partial charge in [-0.2, -0.15) is 0 Å². The van der Waals surface area contributed by atoms with Crippen LogP contribution in [0.3, 0.4) is 0 Å². The zero-order valence-corrected chi connectivity index (χ0v) is 10.7. The van der Waals surface area contributed by atoms with Crippen LogP contribution in [-0.2, 0) is 18.6 Å². The topological polar surface area (TPSA) is 171 Å². The van der Waals surface area contributed by atoms with E-state index in [0.29, 0.717) is 0 Å². The minimum absolute atomic E-state index is 0.664. The van der Waals surface area contributed by atoms with Crippen molar-refractivity contribution >= 4 is 13.7 Å². The number of phosphoric acid groups is 1. The summed E-state index contributed by atoms with van der Waals surface area (Å²) in [6.45, 7) is 0.329. The third-order valence-corrected chi connectivity index (χ3v) is 2.95. The van der Waals surface area contributed by atoms with Gasteiger partial charge in [-0.15, -0.1) is 0 Å². The number of carbonyl (C=O) groups is 1. The molecule has 1 fully saturated rings. The van der Waals surface area contributed by atoms with Crippen LogP contribution in [0.4, 0.5) is 0 Å². The lowest BCUT2D eigenvalue weighted by Gasteiger charge is -2.45. The first-order chi connectivity index (χ1) is 8.65. The summed E-state index contributed by atoms with van der Waals surface area (Å²) >= 11 is 0. The lowest BCUT2D eigenvalue weighted by molar-refractivity contribution is -0.362. The largest absolute Gasteiger partial charge is 0.790 e. The summed E-state index contributed by atoms with van der Waals surface area (Å²) in [7, 11) is -5.45. The smallest absolute Gasteiger partial charge is 0.217 e. The van der Waals surface area contributed by atoms with Gasteiger partial charge in [0, 0.05) is 6.92 Å². The number of hydrogen-bond donors (Lipinski definition) is 4. The number of aliphatic hydroxyl groups excluding tert-OH is 3. The molecular weight excluding hydrogens is 285 g/mol. The molecule has 1 saturated heterocycles. The van der Waals surface area contributed by atoms with E-state index in [1.807, 2.05) is 0 Å². The molecule has 0 spiro atoms. The van der Waals surface area contributed by atoms with Crippen molar-refractivity contribution in [3.05, 3.63) is 0 Å². The Labute approximate surface area is 108 Å². The van der Waals surface area contributed by atoms with E-state index in [2.05, 4.69) is 9.84 Å². The SMILES string of the molecule is CC(=O)NC1C(O)C(O)[C@@H](CO)O[C@@H]1OP(=O)([O-])[O-]. The summed E-state index contributed by atoms with van der Waals surface area (Å²) in [5.74, 6) is -0.664. The van der Waals surface area contributed by atoms with Crippen LogP contribution in [0.2, 0.25) is 0 Å². The molecule has 4 N–H and O–H groups in total. The summed E-state index contributed by atoms with van der Waals surface area (Å²) in [4.78, 5) is 32.1. The van der Waals surface area contributed by atoms with Crippen LogP contribution in [0.25, 0.3) is 0 Å². The van der Waals surface area contributed by atoms with Crippen molar-refractivity contribution < 1.29 is 43.7 Å². The molecule has 1 amide bonds. The van der Waals surface area contributed by atoms with Crippen molar-refractivity contribution in [2.45, 2.75) is 37.6 Å². The number of rotatable bonds is 4. The van der Waals surface area contributed by atoms with E-state index in [4.69, 9.17) is 9.84 Å². The Bertz CT molecular complexity index is 371. The molecule has 1 rings (SSSR count). The minimum atomic E-state index is -5.45. The molecule has 0 saturated carbocycles. The summed E-state index contributed by atoms with van der Waals surface area (Å²) < 4.78 is 19.5. The van der Waals surface area contributed by atoms with Crippen LogP contribution >= 0.6 is 7.82 Å². The Hall–Kier alpha value is -0.580. The molecule has 19 heavy (non-hydrogen) atoms. The molecule has 0 radical (unpaired) electrons. The molecular formula is C8H14NO9P-2. The minimum Gasteiger partial charge on any atom is -0.790 e. The zero-order chi connectivity index (χ0) is 14.8. The highest BCUT2D eigenvalue weighted by atomic mass is 31.2. The number of ether oxygens (including phenoxy) is 1. The summed E-state index contributed by atoms with van der Waals surface area (Å²) in [6, 6.07) is -1.47. The van der Waals surface area contributed by atoms with Gasteiger partial charge < -0.3 is 44.2 Å². The molecule has 1 aliphatic heterocycles. The van der Waals surface area contributed by atoms with E-state index in [9.17, 15) is 29.4 Å². The van der Waals surface area contributed by atoms with E-state index >= 15 is 0 Å². The van der Waals surface area contributed by atoms with Crippen molar-refractivity contribution in [3.8, 4) is 0 Å². The Balaban J connectivity index is 2.92. The molecule has 1 heterocycles. The number of aliphatic hydroxyl groups is 3. The van der Waals surface area contributed by atoms with Gasteiger partial charge in [-0.25, -0.2) is 0 Å². The lowest BCUT2D eigenvalue weighted by Crippen LogP contribution is -2.64. The molecule has 112 valence electrons. The van der Waals surface area contributed by atoms with E-state index in [0.717, 1.165) is 6.92 Å². The fraction of sp³-hybridized carbons (Fsp3) is 0.875. The zero-order valence-electron chi connectivity index (χ0n) is 9.83. The van der Waals surface area contributed by atoms with Gasteiger partial charge in [-0.05, 0) is 0 Å². The first-order valence-electron chi connectivity index (χ1n) is 5.25. The number of nitrogens with one attached hydrogen (secondary N) is 1. The molecule has 11 heteroatoms. The maximum atomic E-state index is 10.9. The van der Waals surface area contributed by atoms with Gasteiger partial charge in [0.15, 0.2) is 6.29 Å². The number of amides is 1. The summed E-state index contributed by atoms with van der Waals surface area (Å²) in [5.41, 5.74) is 0. The quantitative estimate of drug-likeness (QED) is 0.375. The van der Waals surface area contributed by atoms with Gasteiger partial charge in [-0.3, -0.25) is 4.79 Å². The van der Waals surface area contributed by atoms with E-state index in [1.165, 1.54) is 0 Å². The van der Waals surface area contributed by atoms with Gasteiger partial charge in [-0.1, -0.05) is 0 Å². The van der Waals surface area contributed by atoms with E-state index < -0.39 is 51.0 Å². The van der Waals surface area contributed by atoms with Crippen LogP contribution in [0, 0.1) is 0 Å². The van der Waals surface area contributed by atoms with Crippen LogP contribution in [0.1, 0.15) is 6.92 Å². The first-order valence-corrected chi connectivity index (χ1v) is 6.72. The number of hydrogen-bond acceptors (Lipinski definition) is 9. The van der Waals surface area contributed by atoms with Crippen molar-refractivity contribution in [2.75, 3.05) is 6.61 Å². The Kier molecular flexibility index (Phi) is 5.42. The normalized spacial score (nSPS) is 36.0. The van der Waals surface area contributed by atoms with E-state index in [-0.39, 0.29) is 0 Å². The standard InChI is InChI=1S/C8H16NO9P/c1-3(11)9-5-7(13)6(12)4(2-10)17-8(5)18-19(14,15)16/h4-8,10,12-13H,2H2,1H3,(H,9,11)(H2,14,15,16)/p-2/t4-,5?,6?,7?,8-/m1/s1. The molecule has 0 aromatic carbocycles. The average molecular weight is 299 g/mol. The second kappa shape index (κ2) is 6.25. The van der Waals surface area contributed by atoms with Gasteiger partial charge in [0.2, 0.25) is 5.91 Å².